The first-order chi connectivity index (χ1) is 12.8. The molecule has 1 aromatic heterocycles. The monoisotopic (exact) mass is 346 g/mol. The summed E-state index contributed by atoms with van der Waals surface area (Å²) in [7, 11) is 0. The van der Waals surface area contributed by atoms with E-state index in [2.05, 4.69) is 39.2 Å². The number of hydrogen-bond acceptors (Lipinski definition) is 3. The van der Waals surface area contributed by atoms with Gasteiger partial charge in [0, 0.05) is 18.2 Å². The van der Waals surface area contributed by atoms with Crippen LogP contribution in [0.5, 0.6) is 0 Å². The standard InChI is InChI=1S/C21H22N4O/c26-21(18-9-11-19(12-10-18)25-16-22-15-23-25)24-13-5-4-8-20(24)14-17-6-2-1-3-7-17/h1-3,6-7,9-12,15-16,20H,4-5,8,13-14H2/t20-/m1/s1. The molecule has 1 atom stereocenters. The third-order valence-corrected chi connectivity index (χ3v) is 5.00. The van der Waals surface area contributed by atoms with Gasteiger partial charge in [0.25, 0.3) is 5.91 Å². The van der Waals surface area contributed by atoms with Crippen molar-refractivity contribution < 1.29 is 4.79 Å². The van der Waals surface area contributed by atoms with Crippen molar-refractivity contribution in [2.24, 2.45) is 0 Å². The molecule has 5 heteroatoms. The molecule has 132 valence electrons. The van der Waals surface area contributed by atoms with Gasteiger partial charge in [-0.25, -0.2) is 9.67 Å². The van der Waals surface area contributed by atoms with E-state index in [9.17, 15) is 4.79 Å². The van der Waals surface area contributed by atoms with Gasteiger partial charge in [0.1, 0.15) is 12.7 Å². The molecule has 0 unspecified atom stereocenters. The molecule has 5 nitrogen and oxygen atoms in total. The minimum absolute atomic E-state index is 0.121. The summed E-state index contributed by atoms with van der Waals surface area (Å²) in [4.78, 5) is 19.1. The van der Waals surface area contributed by atoms with E-state index < -0.39 is 0 Å². The Kier molecular flexibility index (Phi) is 4.78. The number of likely N-dealkylation sites (tertiary alicyclic amines) is 1. The molecular weight excluding hydrogens is 324 g/mol. The largest absolute Gasteiger partial charge is 0.335 e. The van der Waals surface area contributed by atoms with Gasteiger partial charge in [-0.15, -0.1) is 0 Å². The van der Waals surface area contributed by atoms with Gasteiger partial charge in [0.05, 0.1) is 5.69 Å². The number of aromatic nitrogens is 3. The first-order valence-electron chi connectivity index (χ1n) is 9.11. The molecule has 1 amide bonds. The molecule has 0 bridgehead atoms. The minimum atomic E-state index is 0.121. The number of carbonyl (C=O) groups excluding carboxylic acids is 1. The fraction of sp³-hybridized carbons (Fsp3) is 0.286. The van der Waals surface area contributed by atoms with Crippen LogP contribution in [0.3, 0.4) is 0 Å². The van der Waals surface area contributed by atoms with Gasteiger partial charge in [0.15, 0.2) is 0 Å². The Morgan fingerprint density at radius 1 is 1.04 bits per heavy atom. The van der Waals surface area contributed by atoms with Crippen molar-refractivity contribution in [1.82, 2.24) is 19.7 Å². The highest BCUT2D eigenvalue weighted by molar-refractivity contribution is 5.94. The fourth-order valence-corrected chi connectivity index (χ4v) is 3.63. The molecule has 0 spiro atoms. The second kappa shape index (κ2) is 7.52. The van der Waals surface area contributed by atoms with Crippen molar-refractivity contribution in [3.05, 3.63) is 78.4 Å². The lowest BCUT2D eigenvalue weighted by Crippen LogP contribution is -2.44. The molecule has 1 aliphatic rings. The Morgan fingerprint density at radius 3 is 2.58 bits per heavy atom. The molecule has 1 aliphatic heterocycles. The van der Waals surface area contributed by atoms with Gasteiger partial charge in [-0.05, 0) is 55.5 Å². The smallest absolute Gasteiger partial charge is 0.254 e. The summed E-state index contributed by atoms with van der Waals surface area (Å²) in [6.45, 7) is 0.834. The maximum atomic E-state index is 13.1. The van der Waals surface area contributed by atoms with Crippen molar-refractivity contribution in [3.8, 4) is 5.69 Å². The third kappa shape index (κ3) is 3.52. The zero-order valence-electron chi connectivity index (χ0n) is 14.7. The number of piperidine rings is 1. The molecule has 3 aromatic rings. The van der Waals surface area contributed by atoms with Crippen LogP contribution in [0.1, 0.15) is 35.2 Å². The predicted molar refractivity (Wildman–Crippen MR) is 100 cm³/mol. The first kappa shape index (κ1) is 16.5. The van der Waals surface area contributed by atoms with Crippen LogP contribution in [0.2, 0.25) is 0 Å². The lowest BCUT2D eigenvalue weighted by molar-refractivity contribution is 0.0613. The molecule has 2 heterocycles. The van der Waals surface area contributed by atoms with Crippen molar-refractivity contribution in [3.63, 3.8) is 0 Å². The van der Waals surface area contributed by atoms with Gasteiger partial charge >= 0.3 is 0 Å². The van der Waals surface area contributed by atoms with E-state index in [0.717, 1.165) is 37.1 Å². The highest BCUT2D eigenvalue weighted by Gasteiger charge is 2.27. The van der Waals surface area contributed by atoms with E-state index in [0.29, 0.717) is 0 Å². The van der Waals surface area contributed by atoms with Crippen molar-refractivity contribution in [1.29, 1.82) is 0 Å². The number of rotatable bonds is 4. The third-order valence-electron chi connectivity index (χ3n) is 5.00. The van der Waals surface area contributed by atoms with Crippen molar-refractivity contribution in [2.45, 2.75) is 31.7 Å². The molecule has 26 heavy (non-hydrogen) atoms. The van der Waals surface area contributed by atoms with E-state index in [-0.39, 0.29) is 11.9 Å². The molecule has 1 saturated heterocycles. The van der Waals surface area contributed by atoms with Crippen LogP contribution in [0.25, 0.3) is 5.69 Å². The number of amides is 1. The highest BCUT2D eigenvalue weighted by Crippen LogP contribution is 2.23. The van der Waals surface area contributed by atoms with Gasteiger partial charge < -0.3 is 4.90 Å². The zero-order chi connectivity index (χ0) is 17.8. The summed E-state index contributed by atoms with van der Waals surface area (Å²) in [6, 6.07) is 18.3. The number of nitrogens with zero attached hydrogens (tertiary/aromatic N) is 4. The predicted octanol–water partition coefficient (Wildman–Crippen LogP) is 3.50. The Hall–Kier alpha value is -2.95. The number of carbonyl (C=O) groups is 1. The van der Waals surface area contributed by atoms with E-state index in [4.69, 9.17) is 0 Å². The zero-order valence-corrected chi connectivity index (χ0v) is 14.7. The second-order valence-electron chi connectivity index (χ2n) is 6.72. The molecule has 2 aromatic carbocycles. The molecule has 0 N–H and O–H groups in total. The normalized spacial score (nSPS) is 17.2. The maximum absolute atomic E-state index is 13.1. The molecule has 0 saturated carbocycles. The summed E-state index contributed by atoms with van der Waals surface area (Å²) in [6.07, 6.45) is 7.40. The summed E-state index contributed by atoms with van der Waals surface area (Å²) >= 11 is 0. The van der Waals surface area contributed by atoms with Crippen molar-refractivity contribution >= 4 is 5.91 Å². The average Bonchev–Trinajstić information content (AvgIpc) is 3.24. The first-order valence-corrected chi connectivity index (χ1v) is 9.11. The van der Waals surface area contributed by atoms with Gasteiger partial charge in [0.2, 0.25) is 0 Å². The quantitative estimate of drug-likeness (QED) is 0.726. The van der Waals surface area contributed by atoms with Crippen LogP contribution < -0.4 is 0 Å². The summed E-state index contributed by atoms with van der Waals surface area (Å²) in [5.74, 6) is 0.121. The lowest BCUT2D eigenvalue weighted by Gasteiger charge is -2.36. The molecule has 0 aliphatic carbocycles. The Balaban J connectivity index is 1.51. The van der Waals surface area contributed by atoms with Crippen LogP contribution in [0, 0.1) is 0 Å². The Morgan fingerprint density at radius 2 is 1.85 bits per heavy atom. The van der Waals surface area contributed by atoms with Crippen LogP contribution in [0.4, 0.5) is 0 Å². The SMILES string of the molecule is O=C(c1ccc(-n2cncn2)cc1)N1CCCC[C@@H]1Cc1ccccc1. The second-order valence-corrected chi connectivity index (χ2v) is 6.72. The van der Waals surface area contributed by atoms with Gasteiger partial charge in [-0.3, -0.25) is 4.79 Å². The minimum Gasteiger partial charge on any atom is -0.335 e. The van der Waals surface area contributed by atoms with Gasteiger partial charge in [-0.2, -0.15) is 5.10 Å². The molecule has 1 fully saturated rings. The van der Waals surface area contributed by atoms with E-state index >= 15 is 0 Å². The van der Waals surface area contributed by atoms with Crippen LogP contribution in [-0.2, 0) is 6.42 Å². The van der Waals surface area contributed by atoms with E-state index in [1.165, 1.54) is 18.3 Å². The lowest BCUT2D eigenvalue weighted by atomic mass is 9.95. The molecule has 4 rings (SSSR count). The average molecular weight is 346 g/mol. The Bertz CT molecular complexity index is 843. The summed E-state index contributed by atoms with van der Waals surface area (Å²) in [5, 5.41) is 4.12. The Labute approximate surface area is 153 Å². The number of hydrogen-bond donors (Lipinski definition) is 0. The van der Waals surface area contributed by atoms with Gasteiger partial charge in [-0.1, -0.05) is 30.3 Å². The maximum Gasteiger partial charge on any atom is 0.254 e. The molecule has 0 radical (unpaired) electrons. The van der Waals surface area contributed by atoms with E-state index in [1.54, 1.807) is 11.0 Å². The van der Waals surface area contributed by atoms with Crippen LogP contribution >= 0.6 is 0 Å². The fourth-order valence-electron chi connectivity index (χ4n) is 3.63. The van der Waals surface area contributed by atoms with Crippen molar-refractivity contribution in [2.75, 3.05) is 6.54 Å². The highest BCUT2D eigenvalue weighted by atomic mass is 16.2. The van der Waals surface area contributed by atoms with E-state index in [1.807, 2.05) is 30.3 Å². The summed E-state index contributed by atoms with van der Waals surface area (Å²) < 4.78 is 1.69. The van der Waals surface area contributed by atoms with Crippen LogP contribution in [-0.4, -0.2) is 38.2 Å². The summed E-state index contributed by atoms with van der Waals surface area (Å²) in [5.41, 5.74) is 2.92. The topological polar surface area (TPSA) is 51.0 Å². The van der Waals surface area contributed by atoms with Crippen LogP contribution in [0.15, 0.2) is 67.3 Å². The number of benzene rings is 2. The molecular formula is C21H22N4O.